The minimum atomic E-state index is -0.0315. The van der Waals surface area contributed by atoms with Crippen LogP contribution in [0.5, 0.6) is 5.88 Å². The average molecular weight is 385 g/mol. The molecule has 0 amide bonds. The predicted molar refractivity (Wildman–Crippen MR) is 93.9 cm³/mol. The first-order valence-corrected chi connectivity index (χ1v) is 8.09. The highest BCUT2D eigenvalue weighted by molar-refractivity contribution is 9.10. The lowest BCUT2D eigenvalue weighted by molar-refractivity contribution is 0.146. The van der Waals surface area contributed by atoms with Crippen molar-refractivity contribution in [1.82, 2.24) is 10.3 Å². The van der Waals surface area contributed by atoms with Gasteiger partial charge >= 0.3 is 0 Å². The van der Waals surface area contributed by atoms with Crippen LogP contribution >= 0.6 is 28.1 Å². The molecule has 1 aromatic carbocycles. The van der Waals surface area contributed by atoms with Crippen molar-refractivity contribution in [3.05, 3.63) is 22.7 Å². The molecule has 0 spiro atoms. The van der Waals surface area contributed by atoms with Crippen LogP contribution < -0.4 is 5.32 Å². The van der Waals surface area contributed by atoms with E-state index in [1.165, 1.54) is 0 Å². The Morgan fingerprint density at radius 3 is 3.09 bits per heavy atom. The van der Waals surface area contributed by atoms with Crippen LogP contribution in [0.4, 0.5) is 5.69 Å². The summed E-state index contributed by atoms with van der Waals surface area (Å²) in [5.74, 6) is -0.0315. The van der Waals surface area contributed by atoms with Crippen LogP contribution in [0.15, 0.2) is 32.9 Å². The zero-order valence-electron chi connectivity index (χ0n) is 12.1. The number of aromatic amines is 1. The second-order valence-corrected chi connectivity index (χ2v) is 5.80. The van der Waals surface area contributed by atoms with Crippen molar-refractivity contribution < 1.29 is 9.84 Å². The summed E-state index contributed by atoms with van der Waals surface area (Å²) in [5, 5.41) is 21.9. The topological polar surface area (TPSA) is 82.0 Å². The van der Waals surface area contributed by atoms with Gasteiger partial charge in [0.05, 0.1) is 5.52 Å². The maximum absolute atomic E-state index is 9.91. The van der Waals surface area contributed by atoms with Gasteiger partial charge in [0.25, 0.3) is 0 Å². The molecule has 0 saturated heterocycles. The molecule has 0 aliphatic rings. The van der Waals surface area contributed by atoms with Crippen LogP contribution in [0.1, 0.15) is 13.3 Å². The minimum Gasteiger partial charge on any atom is -0.493 e. The number of nitrogens with zero attached hydrogens (tertiary/aromatic N) is 2. The molecule has 2 rings (SSSR count). The Kier molecular flexibility index (Phi) is 6.29. The summed E-state index contributed by atoms with van der Waals surface area (Å²) >= 11 is 8.48. The van der Waals surface area contributed by atoms with Crippen LogP contribution in [0.2, 0.25) is 0 Å². The number of hydrogen-bond acceptors (Lipinski definition) is 4. The molecule has 2 aromatic rings. The summed E-state index contributed by atoms with van der Waals surface area (Å²) in [6.07, 6.45) is 0.842. The number of benzene rings is 1. The van der Waals surface area contributed by atoms with E-state index in [0.29, 0.717) is 25.4 Å². The van der Waals surface area contributed by atoms with Gasteiger partial charge < -0.3 is 20.1 Å². The number of nitrogens with one attached hydrogen (secondary N) is 2. The van der Waals surface area contributed by atoms with Crippen molar-refractivity contribution in [2.45, 2.75) is 13.3 Å². The normalized spacial score (nSPS) is 11.4. The van der Waals surface area contributed by atoms with E-state index in [1.807, 2.05) is 25.1 Å². The van der Waals surface area contributed by atoms with Gasteiger partial charge in [-0.2, -0.15) is 0 Å². The van der Waals surface area contributed by atoms with Crippen molar-refractivity contribution in [1.29, 1.82) is 0 Å². The van der Waals surface area contributed by atoms with Gasteiger partial charge in [0.2, 0.25) is 11.0 Å². The second kappa shape index (κ2) is 8.21. The molecule has 0 radical (unpaired) electrons. The Morgan fingerprint density at radius 1 is 1.50 bits per heavy atom. The lowest BCUT2D eigenvalue weighted by Crippen LogP contribution is -2.21. The van der Waals surface area contributed by atoms with Crippen molar-refractivity contribution in [3.63, 3.8) is 0 Å². The molecule has 0 fully saturated rings. The number of ether oxygens (including phenoxy) is 1. The number of thiocarbonyl (C=S) groups is 1. The number of hydrogen-bond donors (Lipinski definition) is 3. The molecule has 6 nitrogen and oxygen atoms in total. The number of fused-ring (bicyclic) bond motifs is 1. The Hall–Kier alpha value is -1.51. The van der Waals surface area contributed by atoms with Gasteiger partial charge in [-0.1, -0.05) is 15.9 Å². The van der Waals surface area contributed by atoms with Crippen molar-refractivity contribution >= 4 is 49.9 Å². The first kappa shape index (κ1) is 16.9. The smallest absolute Gasteiger partial charge is 0.218 e. The van der Waals surface area contributed by atoms with E-state index in [4.69, 9.17) is 17.0 Å². The summed E-state index contributed by atoms with van der Waals surface area (Å²) in [4.78, 5) is 2.85. The minimum absolute atomic E-state index is 0.0315. The van der Waals surface area contributed by atoms with Crippen LogP contribution in [-0.4, -0.2) is 35.0 Å². The van der Waals surface area contributed by atoms with Gasteiger partial charge in [0, 0.05) is 29.6 Å². The van der Waals surface area contributed by atoms with Crippen molar-refractivity contribution in [2.24, 2.45) is 10.2 Å². The molecule has 0 saturated carbocycles. The Bertz CT molecular complexity index is 687. The molecule has 0 unspecified atom stereocenters. The van der Waals surface area contributed by atoms with E-state index >= 15 is 0 Å². The molecule has 1 heterocycles. The Morgan fingerprint density at radius 2 is 2.32 bits per heavy atom. The first-order chi connectivity index (χ1) is 10.6. The van der Waals surface area contributed by atoms with E-state index in [1.54, 1.807) is 0 Å². The predicted octanol–water partition coefficient (Wildman–Crippen LogP) is 4.02. The van der Waals surface area contributed by atoms with Crippen LogP contribution in [0.3, 0.4) is 0 Å². The van der Waals surface area contributed by atoms with Gasteiger partial charge in [-0.15, -0.1) is 10.2 Å². The van der Waals surface area contributed by atoms with Gasteiger partial charge in [0.1, 0.15) is 0 Å². The molecular weight excluding hydrogens is 368 g/mol. The SMILES string of the molecule is CCOCCCNC(=S)N=Nc1c(O)[nH]c2ccc(Br)cc12. The zero-order valence-corrected chi connectivity index (χ0v) is 14.5. The van der Waals surface area contributed by atoms with E-state index in [-0.39, 0.29) is 11.0 Å². The zero-order chi connectivity index (χ0) is 15.9. The molecular formula is C14H17BrN4O2S. The van der Waals surface area contributed by atoms with Crippen molar-refractivity contribution in [3.8, 4) is 5.88 Å². The molecule has 8 heteroatoms. The lowest BCUT2D eigenvalue weighted by Gasteiger charge is -2.03. The third-order valence-corrected chi connectivity index (χ3v) is 3.62. The Labute approximate surface area is 142 Å². The van der Waals surface area contributed by atoms with Gasteiger partial charge in [-0.25, -0.2) is 0 Å². The summed E-state index contributed by atoms with van der Waals surface area (Å²) in [6.45, 7) is 4.02. The average Bonchev–Trinajstić information content (AvgIpc) is 2.80. The van der Waals surface area contributed by atoms with E-state index < -0.39 is 0 Å². The summed E-state index contributed by atoms with van der Waals surface area (Å²) in [5.41, 5.74) is 1.15. The molecule has 0 aliphatic carbocycles. The number of H-pyrrole nitrogens is 1. The molecule has 0 bridgehead atoms. The fourth-order valence-electron chi connectivity index (χ4n) is 1.88. The second-order valence-electron chi connectivity index (χ2n) is 4.49. The molecule has 0 aliphatic heterocycles. The fraction of sp³-hybridized carbons (Fsp3) is 0.357. The molecule has 22 heavy (non-hydrogen) atoms. The summed E-state index contributed by atoms with van der Waals surface area (Å²) in [6, 6.07) is 5.59. The van der Waals surface area contributed by atoms with Gasteiger partial charge in [0.15, 0.2) is 5.69 Å². The van der Waals surface area contributed by atoms with Gasteiger partial charge in [-0.05, 0) is 43.8 Å². The highest BCUT2D eigenvalue weighted by Crippen LogP contribution is 2.36. The molecule has 3 N–H and O–H groups in total. The molecule has 1 aromatic heterocycles. The third kappa shape index (κ3) is 4.49. The highest BCUT2D eigenvalue weighted by Gasteiger charge is 2.10. The third-order valence-electron chi connectivity index (χ3n) is 2.90. The number of azo groups is 1. The van der Waals surface area contributed by atoms with E-state index in [9.17, 15) is 5.11 Å². The Balaban J connectivity index is 1.99. The highest BCUT2D eigenvalue weighted by atomic mass is 79.9. The van der Waals surface area contributed by atoms with Crippen LogP contribution in [0, 0.1) is 0 Å². The quantitative estimate of drug-likeness (QED) is 0.399. The van der Waals surface area contributed by atoms with Crippen LogP contribution in [0.25, 0.3) is 10.9 Å². The summed E-state index contributed by atoms with van der Waals surface area (Å²) < 4.78 is 6.13. The maximum atomic E-state index is 9.91. The lowest BCUT2D eigenvalue weighted by atomic mass is 10.2. The largest absolute Gasteiger partial charge is 0.493 e. The standard InChI is InChI=1S/C14H17BrN4O2S/c1-2-21-7-3-6-16-14(22)19-18-12-10-8-9(15)4-5-11(10)17-13(12)20/h4-5,8,17,20H,2-3,6-7H2,1H3,(H,16,22). The number of aromatic nitrogens is 1. The van der Waals surface area contributed by atoms with Gasteiger partial charge in [-0.3, -0.25) is 0 Å². The summed E-state index contributed by atoms with van der Waals surface area (Å²) in [7, 11) is 0. The number of halogens is 1. The number of aromatic hydroxyl groups is 1. The first-order valence-electron chi connectivity index (χ1n) is 6.89. The fourth-order valence-corrected chi connectivity index (χ4v) is 2.39. The maximum Gasteiger partial charge on any atom is 0.218 e. The van der Waals surface area contributed by atoms with Crippen LogP contribution in [-0.2, 0) is 4.74 Å². The molecule has 118 valence electrons. The monoisotopic (exact) mass is 384 g/mol. The number of rotatable bonds is 6. The molecule has 0 atom stereocenters. The van der Waals surface area contributed by atoms with Crippen molar-refractivity contribution in [2.75, 3.05) is 19.8 Å². The van der Waals surface area contributed by atoms with E-state index in [0.717, 1.165) is 21.8 Å². The van der Waals surface area contributed by atoms with E-state index in [2.05, 4.69) is 36.5 Å².